The van der Waals surface area contributed by atoms with E-state index in [1.54, 1.807) is 0 Å². The molecule has 1 fully saturated rings. The molecule has 0 spiro atoms. The summed E-state index contributed by atoms with van der Waals surface area (Å²) in [6.07, 6.45) is -0.405. The van der Waals surface area contributed by atoms with E-state index in [4.69, 9.17) is 14.9 Å². The molecule has 12 heavy (non-hydrogen) atoms. The van der Waals surface area contributed by atoms with Crippen LogP contribution in [0.2, 0.25) is 0 Å². The number of hydrogen-bond acceptors (Lipinski definition) is 3. The predicted molar refractivity (Wildman–Crippen MR) is 41.0 cm³/mol. The summed E-state index contributed by atoms with van der Waals surface area (Å²) < 4.78 is 5.09. The highest BCUT2D eigenvalue weighted by Gasteiger charge is 2.26. The summed E-state index contributed by atoms with van der Waals surface area (Å²) >= 11 is 0. The standard InChI is InChI=1S/C7H13NO4/c9-3-5-4-12-2-1-6(5)8-7(10)11/h5-6,8-9H,1-4H2,(H,10,11). The van der Waals surface area contributed by atoms with Gasteiger partial charge in [0.15, 0.2) is 0 Å². The largest absolute Gasteiger partial charge is 0.465 e. The molecule has 1 heterocycles. The van der Waals surface area contributed by atoms with Crippen LogP contribution in [0.3, 0.4) is 0 Å². The van der Waals surface area contributed by atoms with Gasteiger partial charge in [0.2, 0.25) is 0 Å². The number of aliphatic hydroxyl groups excluding tert-OH is 1. The fraction of sp³-hybridized carbons (Fsp3) is 0.857. The van der Waals surface area contributed by atoms with Crippen molar-refractivity contribution >= 4 is 6.09 Å². The molecule has 3 N–H and O–H groups in total. The molecule has 0 aromatic rings. The Bertz CT molecular complexity index is 161. The summed E-state index contributed by atoms with van der Waals surface area (Å²) in [7, 11) is 0. The van der Waals surface area contributed by atoms with Crippen LogP contribution in [0.4, 0.5) is 4.79 Å². The molecule has 1 rings (SSSR count). The summed E-state index contributed by atoms with van der Waals surface area (Å²) in [4.78, 5) is 10.3. The number of ether oxygens (including phenoxy) is 1. The van der Waals surface area contributed by atoms with Crippen LogP contribution < -0.4 is 5.32 Å². The molecule has 2 unspecified atom stereocenters. The lowest BCUT2D eigenvalue weighted by Gasteiger charge is -2.29. The van der Waals surface area contributed by atoms with E-state index < -0.39 is 6.09 Å². The zero-order valence-corrected chi connectivity index (χ0v) is 6.69. The van der Waals surface area contributed by atoms with Gasteiger partial charge >= 0.3 is 6.09 Å². The minimum atomic E-state index is -1.04. The highest BCUT2D eigenvalue weighted by Crippen LogP contribution is 2.13. The number of carboxylic acid groups (broad SMARTS) is 1. The third kappa shape index (κ3) is 2.35. The van der Waals surface area contributed by atoms with E-state index in [9.17, 15) is 4.79 Å². The van der Waals surface area contributed by atoms with Gasteiger partial charge in [0.1, 0.15) is 0 Å². The topological polar surface area (TPSA) is 78.8 Å². The lowest BCUT2D eigenvalue weighted by molar-refractivity contribution is 0.00947. The molecule has 0 radical (unpaired) electrons. The van der Waals surface area contributed by atoms with Crippen LogP contribution in [-0.2, 0) is 4.74 Å². The first kappa shape index (κ1) is 9.28. The van der Waals surface area contributed by atoms with Crippen molar-refractivity contribution < 1.29 is 19.7 Å². The maximum Gasteiger partial charge on any atom is 0.404 e. The molecule has 0 saturated carbocycles. The van der Waals surface area contributed by atoms with Gasteiger partial charge < -0.3 is 20.3 Å². The molecule has 1 aliphatic rings. The second kappa shape index (κ2) is 4.27. The summed E-state index contributed by atoms with van der Waals surface area (Å²) in [6.45, 7) is 0.952. The molecule has 1 saturated heterocycles. The lowest BCUT2D eigenvalue weighted by atomic mass is 9.97. The second-order valence-electron chi connectivity index (χ2n) is 2.86. The zero-order valence-electron chi connectivity index (χ0n) is 6.69. The number of nitrogens with one attached hydrogen (secondary N) is 1. The smallest absolute Gasteiger partial charge is 0.404 e. The van der Waals surface area contributed by atoms with E-state index in [-0.39, 0.29) is 18.6 Å². The average Bonchev–Trinajstić information content (AvgIpc) is 2.04. The summed E-state index contributed by atoms with van der Waals surface area (Å²) in [5, 5.41) is 19.7. The van der Waals surface area contributed by atoms with E-state index in [1.165, 1.54) is 0 Å². The van der Waals surface area contributed by atoms with E-state index in [0.717, 1.165) is 0 Å². The van der Waals surface area contributed by atoms with Gasteiger partial charge in [-0.05, 0) is 6.42 Å². The monoisotopic (exact) mass is 175 g/mol. The molecule has 70 valence electrons. The molecule has 0 aromatic carbocycles. The van der Waals surface area contributed by atoms with Crippen molar-refractivity contribution in [2.24, 2.45) is 5.92 Å². The van der Waals surface area contributed by atoms with Crippen molar-refractivity contribution in [1.29, 1.82) is 0 Å². The Hall–Kier alpha value is -0.810. The minimum Gasteiger partial charge on any atom is -0.465 e. The molecular formula is C7H13NO4. The average molecular weight is 175 g/mol. The summed E-state index contributed by atoms with van der Waals surface area (Å²) in [6, 6.07) is -0.166. The molecule has 1 amide bonds. The van der Waals surface area contributed by atoms with E-state index in [1.807, 2.05) is 0 Å². The van der Waals surface area contributed by atoms with Crippen LogP contribution in [0.15, 0.2) is 0 Å². The van der Waals surface area contributed by atoms with Crippen LogP contribution in [0.25, 0.3) is 0 Å². The normalized spacial score (nSPS) is 29.8. The Morgan fingerprint density at radius 3 is 3.00 bits per heavy atom. The van der Waals surface area contributed by atoms with Crippen molar-refractivity contribution in [3.63, 3.8) is 0 Å². The highest BCUT2D eigenvalue weighted by molar-refractivity contribution is 5.64. The number of carbonyl (C=O) groups is 1. The second-order valence-corrected chi connectivity index (χ2v) is 2.86. The van der Waals surface area contributed by atoms with Crippen molar-refractivity contribution in [2.45, 2.75) is 12.5 Å². The fourth-order valence-electron chi connectivity index (χ4n) is 1.33. The fourth-order valence-corrected chi connectivity index (χ4v) is 1.33. The number of rotatable bonds is 2. The Morgan fingerprint density at radius 1 is 1.67 bits per heavy atom. The summed E-state index contributed by atoms with van der Waals surface area (Å²) in [5.41, 5.74) is 0. The third-order valence-corrected chi connectivity index (χ3v) is 2.02. The molecule has 1 aliphatic heterocycles. The quantitative estimate of drug-likeness (QED) is 0.536. The van der Waals surface area contributed by atoms with Gasteiger partial charge in [-0.3, -0.25) is 0 Å². The first-order valence-corrected chi connectivity index (χ1v) is 3.92. The molecule has 0 bridgehead atoms. The van der Waals surface area contributed by atoms with E-state index in [2.05, 4.69) is 5.32 Å². The Labute approximate surface area is 70.3 Å². The number of aliphatic hydroxyl groups is 1. The first-order valence-electron chi connectivity index (χ1n) is 3.92. The van der Waals surface area contributed by atoms with Crippen LogP contribution in [0, 0.1) is 5.92 Å². The molecule has 0 aliphatic carbocycles. The van der Waals surface area contributed by atoms with E-state index in [0.29, 0.717) is 19.6 Å². The first-order chi connectivity index (χ1) is 5.74. The molecule has 0 aromatic heterocycles. The Morgan fingerprint density at radius 2 is 2.42 bits per heavy atom. The Kier molecular flexibility index (Phi) is 3.31. The maximum atomic E-state index is 10.3. The van der Waals surface area contributed by atoms with Crippen LogP contribution in [0.5, 0.6) is 0 Å². The highest BCUT2D eigenvalue weighted by atomic mass is 16.5. The van der Waals surface area contributed by atoms with Crippen LogP contribution >= 0.6 is 0 Å². The number of amides is 1. The molecule has 5 heteroatoms. The van der Waals surface area contributed by atoms with Crippen molar-refractivity contribution in [3.8, 4) is 0 Å². The van der Waals surface area contributed by atoms with Crippen molar-refractivity contribution in [2.75, 3.05) is 19.8 Å². The molecular weight excluding hydrogens is 162 g/mol. The van der Waals surface area contributed by atoms with Gasteiger partial charge in [-0.2, -0.15) is 0 Å². The van der Waals surface area contributed by atoms with Crippen LogP contribution in [-0.4, -0.2) is 42.2 Å². The van der Waals surface area contributed by atoms with Crippen molar-refractivity contribution in [3.05, 3.63) is 0 Å². The van der Waals surface area contributed by atoms with Crippen molar-refractivity contribution in [1.82, 2.24) is 5.32 Å². The molecule has 5 nitrogen and oxygen atoms in total. The summed E-state index contributed by atoms with van der Waals surface area (Å²) in [5.74, 6) is -0.102. The zero-order chi connectivity index (χ0) is 8.97. The number of hydrogen-bond donors (Lipinski definition) is 3. The van der Waals surface area contributed by atoms with Gasteiger partial charge in [0.05, 0.1) is 13.2 Å². The SMILES string of the molecule is O=C(O)NC1CCOCC1CO. The van der Waals surface area contributed by atoms with Gasteiger partial charge in [-0.15, -0.1) is 0 Å². The van der Waals surface area contributed by atoms with Gasteiger partial charge in [0.25, 0.3) is 0 Å². The molecule has 2 atom stereocenters. The van der Waals surface area contributed by atoms with Crippen LogP contribution in [0.1, 0.15) is 6.42 Å². The minimum absolute atomic E-state index is 0.0368. The lowest BCUT2D eigenvalue weighted by Crippen LogP contribution is -2.46. The van der Waals surface area contributed by atoms with Gasteiger partial charge in [-0.1, -0.05) is 0 Å². The Balaban J connectivity index is 2.41. The predicted octanol–water partition coefficient (Wildman–Crippen LogP) is -0.349. The van der Waals surface area contributed by atoms with E-state index >= 15 is 0 Å². The van der Waals surface area contributed by atoms with Gasteiger partial charge in [0, 0.05) is 18.6 Å². The maximum absolute atomic E-state index is 10.3. The third-order valence-electron chi connectivity index (χ3n) is 2.02. The van der Waals surface area contributed by atoms with Gasteiger partial charge in [-0.25, -0.2) is 4.79 Å².